The molecule has 0 aliphatic carbocycles. The van der Waals surface area contributed by atoms with E-state index < -0.39 is 45.1 Å². The lowest BCUT2D eigenvalue weighted by Crippen LogP contribution is -2.50. The van der Waals surface area contributed by atoms with Gasteiger partial charge in [-0.3, -0.25) is 4.18 Å². The van der Waals surface area contributed by atoms with E-state index in [1.165, 1.54) is 24.3 Å². The predicted octanol–water partition coefficient (Wildman–Crippen LogP) is 0.629. The van der Waals surface area contributed by atoms with E-state index >= 15 is 0 Å². The summed E-state index contributed by atoms with van der Waals surface area (Å²) < 4.78 is 77.2. The van der Waals surface area contributed by atoms with Gasteiger partial charge in [-0.1, -0.05) is 18.2 Å². The predicted molar refractivity (Wildman–Crippen MR) is 65.0 cm³/mol. The Morgan fingerprint density at radius 2 is 1.85 bits per heavy atom. The molecule has 1 unspecified atom stereocenters. The Morgan fingerprint density at radius 1 is 1.25 bits per heavy atom. The van der Waals surface area contributed by atoms with Crippen LogP contribution >= 0.6 is 0 Å². The van der Waals surface area contributed by atoms with Gasteiger partial charge in [0, 0.05) is 6.54 Å². The molecular formula is C10H11F2NO5S2. The van der Waals surface area contributed by atoms with Crippen molar-refractivity contribution in [3.05, 3.63) is 30.3 Å². The number of halogens is 2. The fourth-order valence-electron chi connectivity index (χ4n) is 1.68. The third-order valence-electron chi connectivity index (χ3n) is 2.78. The number of sulfonamides is 1. The first-order valence-electron chi connectivity index (χ1n) is 5.47. The molecule has 1 fully saturated rings. The van der Waals surface area contributed by atoms with Gasteiger partial charge in [0.15, 0.2) is 5.25 Å². The zero-order valence-electron chi connectivity index (χ0n) is 10.0. The minimum Gasteiger partial charge on any atom is -0.253 e. The van der Waals surface area contributed by atoms with Crippen LogP contribution in [0.2, 0.25) is 0 Å². The van der Waals surface area contributed by atoms with E-state index in [4.69, 9.17) is 0 Å². The summed E-state index contributed by atoms with van der Waals surface area (Å²) in [5.74, 6) is 0. The Hall–Kier alpha value is -1.10. The van der Waals surface area contributed by atoms with Gasteiger partial charge < -0.3 is 0 Å². The van der Waals surface area contributed by atoms with Crippen LogP contribution in [0.3, 0.4) is 0 Å². The summed E-state index contributed by atoms with van der Waals surface area (Å²) in [6.45, 7) is -1.64. The number of benzene rings is 1. The zero-order chi connectivity index (χ0) is 15.0. The Morgan fingerprint density at radius 3 is 2.40 bits per heavy atom. The molecule has 2 rings (SSSR count). The maximum atomic E-state index is 12.7. The Kier molecular flexibility index (Phi) is 4.09. The van der Waals surface area contributed by atoms with Gasteiger partial charge in [-0.05, 0) is 12.1 Å². The fourth-order valence-corrected chi connectivity index (χ4v) is 4.25. The Balaban J connectivity index is 2.32. The van der Waals surface area contributed by atoms with Crippen LogP contribution in [0.5, 0.6) is 0 Å². The van der Waals surface area contributed by atoms with Crippen LogP contribution in [0.15, 0.2) is 35.2 Å². The number of nitrogens with zero attached hydrogens (tertiary/aromatic N) is 1. The van der Waals surface area contributed by atoms with Crippen LogP contribution < -0.4 is 0 Å². The molecule has 112 valence electrons. The first-order chi connectivity index (χ1) is 9.25. The lowest BCUT2D eigenvalue weighted by Gasteiger charge is -2.30. The molecule has 1 aromatic rings. The second-order valence-electron chi connectivity index (χ2n) is 4.07. The summed E-state index contributed by atoms with van der Waals surface area (Å²) in [5.41, 5.74) is 0. The van der Waals surface area contributed by atoms with Crippen molar-refractivity contribution in [1.82, 2.24) is 4.31 Å². The topological polar surface area (TPSA) is 80.8 Å². The van der Waals surface area contributed by atoms with E-state index in [1.54, 1.807) is 6.07 Å². The molecule has 1 heterocycles. The molecule has 1 aromatic carbocycles. The molecule has 0 radical (unpaired) electrons. The first kappa shape index (κ1) is 15.3. The number of alkyl halides is 2. The summed E-state index contributed by atoms with van der Waals surface area (Å²) in [4.78, 5) is -0.115. The standard InChI is InChI=1S/C10H11F2NO5S2/c11-10(12)9-6-13(7-18-20(9,16)17)19(14,15)8-4-2-1-3-5-8/h1-5,9-10H,6-7H2. The molecule has 10 heteroatoms. The van der Waals surface area contributed by atoms with Crippen LogP contribution in [-0.2, 0) is 24.3 Å². The third-order valence-corrected chi connectivity index (χ3v) is 6.11. The average Bonchev–Trinajstić information content (AvgIpc) is 2.38. The lowest BCUT2D eigenvalue weighted by molar-refractivity contribution is 0.0924. The number of hydrogen-bond acceptors (Lipinski definition) is 5. The summed E-state index contributed by atoms with van der Waals surface area (Å²) in [5, 5.41) is -2.19. The largest absolute Gasteiger partial charge is 0.278 e. The van der Waals surface area contributed by atoms with Crippen molar-refractivity contribution in [2.24, 2.45) is 0 Å². The highest BCUT2D eigenvalue weighted by atomic mass is 32.2. The van der Waals surface area contributed by atoms with Crippen molar-refractivity contribution in [1.29, 1.82) is 0 Å². The lowest BCUT2D eigenvalue weighted by atomic mass is 10.4. The van der Waals surface area contributed by atoms with Crippen molar-refractivity contribution in [3.63, 3.8) is 0 Å². The highest BCUT2D eigenvalue weighted by Crippen LogP contribution is 2.25. The van der Waals surface area contributed by atoms with E-state index in [0.29, 0.717) is 4.31 Å². The van der Waals surface area contributed by atoms with E-state index in [-0.39, 0.29) is 4.90 Å². The second-order valence-corrected chi connectivity index (χ2v) is 7.83. The Bertz CT molecular complexity index is 675. The average molecular weight is 327 g/mol. The van der Waals surface area contributed by atoms with Gasteiger partial charge in [0.25, 0.3) is 16.5 Å². The summed E-state index contributed by atoms with van der Waals surface area (Å²) in [6.07, 6.45) is -3.23. The maximum absolute atomic E-state index is 12.7. The van der Waals surface area contributed by atoms with Gasteiger partial charge in [-0.25, -0.2) is 17.2 Å². The monoisotopic (exact) mass is 327 g/mol. The SMILES string of the molecule is O=S1(=O)OCN(S(=O)(=O)c2ccccc2)CC1C(F)F. The molecule has 1 aliphatic heterocycles. The molecule has 1 aliphatic rings. The highest BCUT2D eigenvalue weighted by molar-refractivity contribution is 7.90. The number of rotatable bonds is 3. The Labute approximate surface area is 115 Å². The molecule has 0 spiro atoms. The maximum Gasteiger partial charge on any atom is 0.278 e. The van der Waals surface area contributed by atoms with Crippen LogP contribution in [0.25, 0.3) is 0 Å². The summed E-state index contributed by atoms with van der Waals surface area (Å²) in [6, 6.07) is 7.11. The number of hydrogen-bond donors (Lipinski definition) is 0. The van der Waals surface area contributed by atoms with Gasteiger partial charge in [0.05, 0.1) is 4.90 Å². The van der Waals surface area contributed by atoms with Crippen LogP contribution in [-0.4, -0.2) is 46.1 Å². The molecular weight excluding hydrogens is 316 g/mol. The van der Waals surface area contributed by atoms with Crippen molar-refractivity contribution >= 4 is 20.1 Å². The van der Waals surface area contributed by atoms with E-state index in [0.717, 1.165) is 0 Å². The smallest absolute Gasteiger partial charge is 0.253 e. The normalized spacial score (nSPS) is 23.9. The molecule has 1 saturated heterocycles. The van der Waals surface area contributed by atoms with Crippen molar-refractivity contribution < 1.29 is 29.8 Å². The van der Waals surface area contributed by atoms with E-state index in [1.807, 2.05) is 0 Å². The van der Waals surface area contributed by atoms with Crippen LogP contribution in [0.1, 0.15) is 0 Å². The van der Waals surface area contributed by atoms with Gasteiger partial charge in [-0.15, -0.1) is 0 Å². The van der Waals surface area contributed by atoms with Gasteiger partial charge in [-0.2, -0.15) is 12.7 Å². The van der Waals surface area contributed by atoms with Gasteiger partial charge in [0.1, 0.15) is 6.73 Å². The first-order valence-corrected chi connectivity index (χ1v) is 8.38. The summed E-state index contributed by atoms with van der Waals surface area (Å²) >= 11 is 0. The zero-order valence-corrected chi connectivity index (χ0v) is 11.6. The molecule has 0 aromatic heterocycles. The molecule has 0 saturated carbocycles. The van der Waals surface area contributed by atoms with Gasteiger partial charge >= 0.3 is 0 Å². The minimum atomic E-state index is -4.45. The molecule has 0 amide bonds. The highest BCUT2D eigenvalue weighted by Gasteiger charge is 2.44. The van der Waals surface area contributed by atoms with Crippen molar-refractivity contribution in [2.75, 3.05) is 13.3 Å². The molecule has 0 bridgehead atoms. The fraction of sp³-hybridized carbons (Fsp3) is 0.400. The van der Waals surface area contributed by atoms with E-state index in [2.05, 4.69) is 4.18 Å². The minimum absolute atomic E-state index is 0.115. The molecule has 6 nitrogen and oxygen atoms in total. The molecule has 0 N–H and O–H groups in total. The summed E-state index contributed by atoms with van der Waals surface area (Å²) in [7, 11) is -8.52. The second kappa shape index (κ2) is 5.35. The quantitative estimate of drug-likeness (QED) is 0.761. The van der Waals surface area contributed by atoms with Crippen molar-refractivity contribution in [2.45, 2.75) is 16.6 Å². The van der Waals surface area contributed by atoms with Crippen LogP contribution in [0.4, 0.5) is 8.78 Å². The third kappa shape index (κ3) is 2.82. The van der Waals surface area contributed by atoms with E-state index in [9.17, 15) is 25.6 Å². The molecule has 20 heavy (non-hydrogen) atoms. The van der Waals surface area contributed by atoms with Crippen molar-refractivity contribution in [3.8, 4) is 0 Å². The van der Waals surface area contributed by atoms with Gasteiger partial charge in [0.2, 0.25) is 10.0 Å². The van der Waals surface area contributed by atoms with Crippen LogP contribution in [0, 0.1) is 0 Å². The molecule has 1 atom stereocenters.